The number of rotatable bonds is 5. The van der Waals surface area contributed by atoms with Crippen LogP contribution in [0.4, 0.5) is 0 Å². The van der Waals surface area contributed by atoms with E-state index in [1.165, 1.54) is 11.8 Å². The van der Waals surface area contributed by atoms with E-state index in [0.717, 1.165) is 6.42 Å². The summed E-state index contributed by atoms with van der Waals surface area (Å²) in [5.74, 6) is -0.566. The third-order valence-corrected chi connectivity index (χ3v) is 3.98. The molecule has 0 bridgehead atoms. The third kappa shape index (κ3) is 3.37. The Labute approximate surface area is 105 Å². The number of amides is 1. The van der Waals surface area contributed by atoms with Crippen LogP contribution in [0.5, 0.6) is 0 Å². The van der Waals surface area contributed by atoms with Crippen LogP contribution in [0.3, 0.4) is 0 Å². The standard InChI is InChI=1S/C11H16N2O3S/c1-11(10(15)16)4-2-3-8(11)13-9(14)7-17-6-5-12/h8H,2-4,6-7H2,1H3,(H,13,14)(H,15,16). The highest BCUT2D eigenvalue weighted by atomic mass is 32.2. The minimum absolute atomic E-state index is 0.190. The lowest BCUT2D eigenvalue weighted by Gasteiger charge is -2.27. The van der Waals surface area contributed by atoms with Gasteiger partial charge in [0.1, 0.15) is 0 Å². The summed E-state index contributed by atoms with van der Waals surface area (Å²) in [5, 5.41) is 20.3. The summed E-state index contributed by atoms with van der Waals surface area (Å²) >= 11 is 1.23. The van der Waals surface area contributed by atoms with Gasteiger partial charge >= 0.3 is 5.97 Å². The first-order valence-electron chi connectivity index (χ1n) is 5.48. The molecule has 1 rings (SSSR count). The molecule has 0 radical (unpaired) electrons. The number of carbonyl (C=O) groups is 2. The summed E-state index contributed by atoms with van der Waals surface area (Å²) in [6, 6.07) is 1.64. The van der Waals surface area contributed by atoms with Gasteiger partial charge in [-0.1, -0.05) is 6.42 Å². The molecule has 0 aromatic heterocycles. The maximum Gasteiger partial charge on any atom is 0.311 e. The van der Waals surface area contributed by atoms with Gasteiger partial charge < -0.3 is 10.4 Å². The van der Waals surface area contributed by atoms with E-state index in [9.17, 15) is 14.7 Å². The number of carboxylic acids is 1. The first kappa shape index (κ1) is 13.8. The first-order chi connectivity index (χ1) is 8.00. The van der Waals surface area contributed by atoms with E-state index < -0.39 is 11.4 Å². The number of carbonyl (C=O) groups excluding carboxylic acids is 1. The van der Waals surface area contributed by atoms with E-state index in [-0.39, 0.29) is 23.5 Å². The fourth-order valence-corrected chi connectivity index (χ4v) is 2.54. The van der Waals surface area contributed by atoms with Crippen molar-refractivity contribution < 1.29 is 14.7 Å². The van der Waals surface area contributed by atoms with E-state index in [1.807, 2.05) is 6.07 Å². The Balaban J connectivity index is 2.48. The summed E-state index contributed by atoms with van der Waals surface area (Å²) in [4.78, 5) is 22.7. The minimum Gasteiger partial charge on any atom is -0.481 e. The second kappa shape index (κ2) is 5.92. The number of nitrogens with one attached hydrogen (secondary N) is 1. The molecule has 17 heavy (non-hydrogen) atoms. The lowest BCUT2D eigenvalue weighted by atomic mass is 9.85. The molecule has 1 aliphatic rings. The molecule has 0 aliphatic heterocycles. The van der Waals surface area contributed by atoms with Crippen molar-refractivity contribution in [2.24, 2.45) is 5.41 Å². The van der Waals surface area contributed by atoms with Crippen molar-refractivity contribution in [2.75, 3.05) is 11.5 Å². The molecule has 0 spiro atoms. The number of nitrogens with zero attached hydrogens (tertiary/aromatic N) is 1. The van der Waals surface area contributed by atoms with Gasteiger partial charge in [-0.05, 0) is 19.8 Å². The molecule has 6 heteroatoms. The third-order valence-electron chi connectivity index (χ3n) is 3.18. The maximum atomic E-state index is 11.5. The van der Waals surface area contributed by atoms with Crippen molar-refractivity contribution in [2.45, 2.75) is 32.2 Å². The van der Waals surface area contributed by atoms with Crippen molar-refractivity contribution in [1.82, 2.24) is 5.32 Å². The number of carboxylic acid groups (broad SMARTS) is 1. The molecule has 1 amide bonds. The van der Waals surface area contributed by atoms with E-state index in [2.05, 4.69) is 5.32 Å². The molecule has 2 N–H and O–H groups in total. The number of hydrogen-bond donors (Lipinski definition) is 2. The SMILES string of the molecule is CC1(C(=O)O)CCCC1NC(=O)CSCC#N. The largest absolute Gasteiger partial charge is 0.481 e. The van der Waals surface area contributed by atoms with Crippen LogP contribution < -0.4 is 5.32 Å². The Kier molecular flexibility index (Phi) is 4.82. The zero-order valence-corrected chi connectivity index (χ0v) is 10.5. The molecular formula is C11H16N2O3S. The number of aliphatic carboxylic acids is 1. The second-order valence-corrected chi connectivity index (χ2v) is 5.37. The number of thioether (sulfide) groups is 1. The van der Waals surface area contributed by atoms with E-state index >= 15 is 0 Å². The highest BCUT2D eigenvalue weighted by Gasteiger charge is 2.45. The highest BCUT2D eigenvalue weighted by Crippen LogP contribution is 2.38. The van der Waals surface area contributed by atoms with Gasteiger partial charge in [0.2, 0.25) is 5.91 Å². The molecular weight excluding hydrogens is 240 g/mol. The Morgan fingerprint density at radius 1 is 1.65 bits per heavy atom. The quantitative estimate of drug-likeness (QED) is 0.716. The average molecular weight is 256 g/mol. The summed E-state index contributed by atoms with van der Waals surface area (Å²) in [6.07, 6.45) is 2.12. The second-order valence-electron chi connectivity index (χ2n) is 4.39. The van der Waals surface area contributed by atoms with E-state index in [4.69, 9.17) is 5.26 Å². The van der Waals surface area contributed by atoms with Crippen LogP contribution in [0.1, 0.15) is 26.2 Å². The van der Waals surface area contributed by atoms with Crippen molar-refractivity contribution in [3.63, 3.8) is 0 Å². The van der Waals surface area contributed by atoms with Gasteiger partial charge in [-0.2, -0.15) is 5.26 Å². The summed E-state index contributed by atoms with van der Waals surface area (Å²) < 4.78 is 0. The molecule has 1 saturated carbocycles. The van der Waals surface area contributed by atoms with Gasteiger partial charge in [-0.3, -0.25) is 9.59 Å². The van der Waals surface area contributed by atoms with Crippen LogP contribution >= 0.6 is 11.8 Å². The van der Waals surface area contributed by atoms with Gasteiger partial charge in [-0.25, -0.2) is 0 Å². The normalized spacial score (nSPS) is 27.4. The smallest absolute Gasteiger partial charge is 0.311 e. The maximum absolute atomic E-state index is 11.5. The lowest BCUT2D eigenvalue weighted by molar-refractivity contribution is -0.149. The van der Waals surface area contributed by atoms with E-state index in [0.29, 0.717) is 12.8 Å². The molecule has 0 heterocycles. The topological polar surface area (TPSA) is 90.2 Å². The molecule has 5 nitrogen and oxygen atoms in total. The predicted molar refractivity (Wildman–Crippen MR) is 64.5 cm³/mol. The van der Waals surface area contributed by atoms with Crippen LogP contribution in [0.2, 0.25) is 0 Å². The molecule has 1 fully saturated rings. The number of nitriles is 1. The minimum atomic E-state index is -0.857. The van der Waals surface area contributed by atoms with Crippen LogP contribution in [0.25, 0.3) is 0 Å². The Bertz CT molecular complexity index is 353. The van der Waals surface area contributed by atoms with Crippen LogP contribution in [-0.4, -0.2) is 34.5 Å². The highest BCUT2D eigenvalue weighted by molar-refractivity contribution is 8.00. The molecule has 1 aliphatic carbocycles. The molecule has 0 aromatic carbocycles. The Morgan fingerprint density at radius 2 is 2.35 bits per heavy atom. The van der Waals surface area contributed by atoms with Crippen molar-refractivity contribution >= 4 is 23.6 Å². The van der Waals surface area contributed by atoms with Crippen molar-refractivity contribution in [1.29, 1.82) is 5.26 Å². The van der Waals surface area contributed by atoms with Gasteiger partial charge in [0, 0.05) is 6.04 Å². The van der Waals surface area contributed by atoms with Crippen LogP contribution in [0, 0.1) is 16.7 Å². The fourth-order valence-electron chi connectivity index (χ4n) is 2.08. The molecule has 0 saturated heterocycles. The molecule has 94 valence electrons. The monoisotopic (exact) mass is 256 g/mol. The fraction of sp³-hybridized carbons (Fsp3) is 0.727. The Hall–Kier alpha value is -1.22. The Morgan fingerprint density at radius 3 is 2.94 bits per heavy atom. The summed E-state index contributed by atoms with van der Waals surface area (Å²) in [7, 11) is 0. The van der Waals surface area contributed by atoms with Gasteiger partial charge in [-0.15, -0.1) is 11.8 Å². The number of hydrogen-bond acceptors (Lipinski definition) is 4. The summed E-state index contributed by atoms with van der Waals surface area (Å²) in [6.45, 7) is 1.68. The van der Waals surface area contributed by atoms with Crippen molar-refractivity contribution in [3.05, 3.63) is 0 Å². The lowest BCUT2D eigenvalue weighted by Crippen LogP contribution is -2.47. The van der Waals surface area contributed by atoms with Crippen LogP contribution in [0.15, 0.2) is 0 Å². The molecule has 0 aromatic rings. The molecule has 2 unspecified atom stereocenters. The molecule has 2 atom stereocenters. The average Bonchev–Trinajstić information content (AvgIpc) is 2.62. The van der Waals surface area contributed by atoms with E-state index in [1.54, 1.807) is 6.92 Å². The van der Waals surface area contributed by atoms with Crippen LogP contribution in [-0.2, 0) is 9.59 Å². The van der Waals surface area contributed by atoms with Gasteiger partial charge in [0.05, 0.1) is 23.0 Å². The summed E-state index contributed by atoms with van der Waals surface area (Å²) in [5.41, 5.74) is -0.852. The zero-order valence-electron chi connectivity index (χ0n) is 9.73. The first-order valence-corrected chi connectivity index (χ1v) is 6.63. The predicted octanol–water partition coefficient (Wildman–Crippen LogP) is 1.00. The van der Waals surface area contributed by atoms with Crippen molar-refractivity contribution in [3.8, 4) is 6.07 Å². The van der Waals surface area contributed by atoms with Gasteiger partial charge in [0.15, 0.2) is 0 Å². The zero-order chi connectivity index (χ0) is 12.9. The van der Waals surface area contributed by atoms with Gasteiger partial charge in [0.25, 0.3) is 0 Å².